The van der Waals surface area contributed by atoms with Gasteiger partial charge in [0, 0.05) is 29.8 Å². The molecule has 198 valence electrons. The number of nitrogens with one attached hydrogen (secondary N) is 1. The van der Waals surface area contributed by atoms with Crippen LogP contribution < -0.4 is 10.1 Å². The van der Waals surface area contributed by atoms with E-state index in [0.29, 0.717) is 51.9 Å². The molecule has 10 nitrogen and oxygen atoms in total. The zero-order valence-corrected chi connectivity index (χ0v) is 22.6. The van der Waals surface area contributed by atoms with Crippen LogP contribution in [0.3, 0.4) is 0 Å². The van der Waals surface area contributed by atoms with Crippen molar-refractivity contribution in [1.82, 2.24) is 30.4 Å². The Labute approximate surface area is 237 Å². The lowest BCUT2D eigenvalue weighted by Gasteiger charge is -2.09. The second-order valence-corrected chi connectivity index (χ2v) is 10.2. The molecule has 2 heterocycles. The first-order valence-electron chi connectivity index (χ1n) is 11.9. The van der Waals surface area contributed by atoms with E-state index in [-0.39, 0.29) is 6.42 Å². The minimum Gasteiger partial charge on any atom is -0.481 e. The number of carbonyl (C=O) groups is 1. The van der Waals surface area contributed by atoms with Crippen LogP contribution in [0.15, 0.2) is 66.7 Å². The minimum absolute atomic E-state index is 0.117. The predicted molar refractivity (Wildman–Crippen MR) is 150 cm³/mol. The molecule has 0 saturated heterocycles. The maximum absolute atomic E-state index is 10.7. The van der Waals surface area contributed by atoms with Crippen LogP contribution in [0.4, 0.5) is 10.8 Å². The molecule has 0 aliphatic rings. The SMILES string of the molecule is O=C(O)CCCCn1nnnc1-c1cccc(Oc2cccc(-c3nnc(Nc4ccc(Cl)c(Cl)c4)s3)c2)c1. The van der Waals surface area contributed by atoms with E-state index < -0.39 is 5.97 Å². The van der Waals surface area contributed by atoms with Crippen LogP contribution in [0.1, 0.15) is 19.3 Å². The number of rotatable bonds is 11. The number of nitrogens with zero attached hydrogens (tertiary/aromatic N) is 6. The molecule has 0 aliphatic carbocycles. The summed E-state index contributed by atoms with van der Waals surface area (Å²) in [5, 5.41) is 34.8. The third kappa shape index (κ3) is 6.88. The van der Waals surface area contributed by atoms with Crippen molar-refractivity contribution in [2.24, 2.45) is 0 Å². The maximum Gasteiger partial charge on any atom is 0.303 e. The highest BCUT2D eigenvalue weighted by Gasteiger charge is 2.12. The van der Waals surface area contributed by atoms with Crippen molar-refractivity contribution in [3.05, 3.63) is 76.8 Å². The number of ether oxygens (including phenoxy) is 1. The zero-order valence-electron chi connectivity index (χ0n) is 20.3. The van der Waals surface area contributed by atoms with Crippen LogP contribution in [-0.4, -0.2) is 41.5 Å². The van der Waals surface area contributed by atoms with Gasteiger partial charge in [0.15, 0.2) is 5.82 Å². The molecule has 5 rings (SSSR count). The fraction of sp³-hybridized carbons (Fsp3) is 0.154. The van der Waals surface area contributed by atoms with Gasteiger partial charge in [-0.05, 0) is 65.7 Å². The van der Waals surface area contributed by atoms with E-state index >= 15 is 0 Å². The molecule has 3 aromatic carbocycles. The third-order valence-electron chi connectivity index (χ3n) is 5.55. The van der Waals surface area contributed by atoms with Crippen molar-refractivity contribution >= 4 is 51.3 Å². The molecule has 13 heteroatoms. The Morgan fingerprint density at radius 3 is 2.46 bits per heavy atom. The van der Waals surface area contributed by atoms with Gasteiger partial charge in [-0.2, -0.15) is 0 Å². The zero-order chi connectivity index (χ0) is 27.2. The van der Waals surface area contributed by atoms with Gasteiger partial charge in [-0.15, -0.1) is 15.3 Å². The number of anilines is 2. The Bertz CT molecular complexity index is 1610. The Morgan fingerprint density at radius 2 is 1.69 bits per heavy atom. The standard InChI is InChI=1S/C26H21Cl2N7O3S/c27-21-11-10-18(15-22(21)28)29-26-32-31-25(39-26)17-6-4-8-20(14-17)38-19-7-3-5-16(13-19)24-30-33-34-35(24)12-2-1-9-23(36)37/h3-8,10-11,13-15H,1-2,9,12H2,(H,29,32)(H,36,37). The van der Waals surface area contributed by atoms with E-state index in [0.717, 1.165) is 21.8 Å². The average molecular weight is 582 g/mol. The van der Waals surface area contributed by atoms with Gasteiger partial charge in [0.2, 0.25) is 5.13 Å². The highest BCUT2D eigenvalue weighted by Crippen LogP contribution is 2.33. The number of aromatic nitrogens is 6. The first kappa shape index (κ1) is 26.5. The number of unbranched alkanes of at least 4 members (excludes halogenated alkanes) is 1. The van der Waals surface area contributed by atoms with Gasteiger partial charge in [-0.1, -0.05) is 58.8 Å². The van der Waals surface area contributed by atoms with E-state index in [2.05, 4.69) is 31.0 Å². The Morgan fingerprint density at radius 1 is 0.923 bits per heavy atom. The molecule has 2 aromatic heterocycles. The molecule has 0 atom stereocenters. The van der Waals surface area contributed by atoms with Crippen LogP contribution in [0.25, 0.3) is 22.0 Å². The van der Waals surface area contributed by atoms with Crippen LogP contribution >= 0.6 is 34.5 Å². The fourth-order valence-electron chi connectivity index (χ4n) is 3.71. The lowest BCUT2D eigenvalue weighted by molar-refractivity contribution is -0.137. The van der Waals surface area contributed by atoms with E-state index in [1.165, 1.54) is 11.3 Å². The monoisotopic (exact) mass is 581 g/mol. The van der Waals surface area contributed by atoms with Gasteiger partial charge in [0.1, 0.15) is 16.5 Å². The fourth-order valence-corrected chi connectivity index (χ4v) is 4.77. The number of hydrogen-bond acceptors (Lipinski definition) is 9. The highest BCUT2D eigenvalue weighted by molar-refractivity contribution is 7.18. The molecule has 0 unspecified atom stereocenters. The summed E-state index contributed by atoms with van der Waals surface area (Å²) in [6, 6.07) is 20.3. The first-order chi connectivity index (χ1) is 18.9. The minimum atomic E-state index is -0.813. The number of hydrogen-bond donors (Lipinski definition) is 2. The van der Waals surface area contributed by atoms with E-state index in [9.17, 15) is 4.79 Å². The summed E-state index contributed by atoms with van der Waals surface area (Å²) >= 11 is 13.5. The number of carboxylic acid groups (broad SMARTS) is 1. The molecule has 0 aliphatic heterocycles. The van der Waals surface area contributed by atoms with Crippen LogP contribution in [0.5, 0.6) is 11.5 Å². The molecule has 0 bridgehead atoms. The molecular weight excluding hydrogens is 561 g/mol. The van der Waals surface area contributed by atoms with Crippen LogP contribution in [0.2, 0.25) is 10.0 Å². The van der Waals surface area contributed by atoms with Crippen molar-refractivity contribution in [1.29, 1.82) is 0 Å². The van der Waals surface area contributed by atoms with E-state index in [1.54, 1.807) is 16.8 Å². The van der Waals surface area contributed by atoms with Crippen molar-refractivity contribution in [2.45, 2.75) is 25.8 Å². The maximum atomic E-state index is 10.7. The van der Waals surface area contributed by atoms with Gasteiger partial charge in [0.25, 0.3) is 0 Å². The molecule has 0 saturated carbocycles. The first-order valence-corrected chi connectivity index (χ1v) is 13.4. The topological polar surface area (TPSA) is 128 Å². The Hall–Kier alpha value is -4.06. The molecule has 2 N–H and O–H groups in total. The van der Waals surface area contributed by atoms with Gasteiger partial charge in [-0.25, -0.2) is 4.68 Å². The summed E-state index contributed by atoms with van der Waals surface area (Å²) in [5.74, 6) is 1.02. The number of tetrazole rings is 1. The second-order valence-electron chi connectivity index (χ2n) is 8.40. The molecule has 0 fully saturated rings. The van der Waals surface area contributed by atoms with Crippen molar-refractivity contribution in [2.75, 3.05) is 5.32 Å². The smallest absolute Gasteiger partial charge is 0.303 e. The lowest BCUT2D eigenvalue weighted by atomic mass is 10.2. The predicted octanol–water partition coefficient (Wildman–Crippen LogP) is 6.96. The van der Waals surface area contributed by atoms with E-state index in [4.69, 9.17) is 33.0 Å². The largest absolute Gasteiger partial charge is 0.481 e. The summed E-state index contributed by atoms with van der Waals surface area (Å²) in [4.78, 5) is 10.7. The Balaban J connectivity index is 1.27. The summed E-state index contributed by atoms with van der Waals surface area (Å²) < 4.78 is 7.81. The average Bonchev–Trinajstić information content (AvgIpc) is 3.59. The van der Waals surface area contributed by atoms with Gasteiger partial charge in [0.05, 0.1) is 10.0 Å². The second kappa shape index (κ2) is 12.2. The number of aliphatic carboxylic acids is 1. The molecular formula is C26H21Cl2N7O3S. The molecule has 39 heavy (non-hydrogen) atoms. The summed E-state index contributed by atoms with van der Waals surface area (Å²) in [5.41, 5.74) is 2.40. The Kier molecular flexibility index (Phi) is 8.30. The lowest BCUT2D eigenvalue weighted by Crippen LogP contribution is -2.04. The van der Waals surface area contributed by atoms with Gasteiger partial charge in [-0.3, -0.25) is 4.79 Å². The molecule has 0 spiro atoms. The van der Waals surface area contributed by atoms with Gasteiger partial charge < -0.3 is 15.2 Å². The van der Waals surface area contributed by atoms with E-state index in [1.807, 2.05) is 54.6 Å². The van der Waals surface area contributed by atoms with Crippen LogP contribution in [-0.2, 0) is 11.3 Å². The number of aryl methyl sites for hydroxylation is 1. The van der Waals surface area contributed by atoms with Gasteiger partial charge >= 0.3 is 5.97 Å². The summed E-state index contributed by atoms with van der Waals surface area (Å²) in [7, 11) is 0. The third-order valence-corrected chi connectivity index (χ3v) is 7.17. The quantitative estimate of drug-likeness (QED) is 0.159. The number of carboxylic acids is 1. The van der Waals surface area contributed by atoms with Crippen molar-refractivity contribution < 1.29 is 14.6 Å². The summed E-state index contributed by atoms with van der Waals surface area (Å²) in [6.45, 7) is 0.520. The molecule has 0 radical (unpaired) electrons. The van der Waals surface area contributed by atoms with Crippen molar-refractivity contribution in [3.63, 3.8) is 0 Å². The molecule has 0 amide bonds. The molecule has 5 aromatic rings. The normalized spacial score (nSPS) is 10.9. The van der Waals surface area contributed by atoms with Crippen molar-refractivity contribution in [3.8, 4) is 33.5 Å². The highest BCUT2D eigenvalue weighted by atomic mass is 35.5. The number of halogens is 2. The number of benzene rings is 3. The van der Waals surface area contributed by atoms with Crippen LogP contribution in [0, 0.1) is 0 Å². The summed E-state index contributed by atoms with van der Waals surface area (Å²) in [6.07, 6.45) is 1.32.